The molecule has 2 aromatic carbocycles. The monoisotopic (exact) mass is 531 g/mol. The van der Waals surface area contributed by atoms with E-state index in [0.29, 0.717) is 37.4 Å². The van der Waals surface area contributed by atoms with E-state index in [1.54, 1.807) is 36.3 Å². The van der Waals surface area contributed by atoms with Crippen molar-refractivity contribution < 1.29 is 22.7 Å². The number of carbonyl (C=O) groups is 2. The molecular weight excluding hydrogens is 490 g/mol. The van der Waals surface area contributed by atoms with Crippen molar-refractivity contribution in [2.24, 2.45) is 0 Å². The van der Waals surface area contributed by atoms with Crippen molar-refractivity contribution in [3.05, 3.63) is 59.7 Å². The molecule has 0 bridgehead atoms. The van der Waals surface area contributed by atoms with Crippen LogP contribution in [0.15, 0.2) is 48.5 Å². The number of unbranched alkanes of at least 4 members (excludes halogenated alkanes) is 1. The van der Waals surface area contributed by atoms with Crippen LogP contribution in [0.4, 0.5) is 5.69 Å². The molecule has 37 heavy (non-hydrogen) atoms. The number of benzene rings is 2. The van der Waals surface area contributed by atoms with Crippen LogP contribution < -0.4 is 14.4 Å². The molecular formula is C28H41N3O5S. The maximum Gasteiger partial charge on any atom is 0.242 e. The fourth-order valence-corrected chi connectivity index (χ4v) is 5.11. The summed E-state index contributed by atoms with van der Waals surface area (Å²) in [5.41, 5.74) is 2.53. The van der Waals surface area contributed by atoms with Crippen LogP contribution in [0.25, 0.3) is 0 Å². The first-order chi connectivity index (χ1) is 17.6. The molecule has 2 rings (SSSR count). The summed E-state index contributed by atoms with van der Waals surface area (Å²) in [4.78, 5) is 28.2. The maximum absolute atomic E-state index is 13.5. The molecule has 2 aromatic rings. The third kappa shape index (κ3) is 9.07. The molecule has 0 saturated heterocycles. The number of carbonyl (C=O) groups excluding carboxylic acids is 2. The fourth-order valence-electron chi connectivity index (χ4n) is 4.15. The zero-order valence-electron chi connectivity index (χ0n) is 22.7. The Kier molecular flexibility index (Phi) is 11.9. The van der Waals surface area contributed by atoms with Gasteiger partial charge in [-0.25, -0.2) is 8.42 Å². The molecule has 8 nitrogen and oxygen atoms in total. The first kappa shape index (κ1) is 30.2. The van der Waals surface area contributed by atoms with Gasteiger partial charge in [-0.15, -0.1) is 0 Å². The molecule has 0 aliphatic rings. The van der Waals surface area contributed by atoms with Crippen molar-refractivity contribution in [2.75, 3.05) is 30.8 Å². The van der Waals surface area contributed by atoms with E-state index in [9.17, 15) is 18.0 Å². The lowest BCUT2D eigenvalue weighted by Gasteiger charge is -2.31. The summed E-state index contributed by atoms with van der Waals surface area (Å²) in [6, 6.07) is 14.0. The molecule has 0 saturated carbocycles. The second-order valence-electron chi connectivity index (χ2n) is 9.15. The molecule has 0 aliphatic carbocycles. The SMILES string of the molecule is CCCCNC(=O)C(CC)N(Cc1ccccc1C)C(=O)CCCN(c1ccc(OC)cc1)S(C)(=O)=O. The van der Waals surface area contributed by atoms with Crippen molar-refractivity contribution in [1.82, 2.24) is 10.2 Å². The highest BCUT2D eigenvalue weighted by Gasteiger charge is 2.29. The number of hydrogen-bond donors (Lipinski definition) is 1. The van der Waals surface area contributed by atoms with E-state index in [1.165, 1.54) is 4.31 Å². The molecule has 0 fully saturated rings. The minimum absolute atomic E-state index is 0.118. The first-order valence-electron chi connectivity index (χ1n) is 12.9. The van der Waals surface area contributed by atoms with Gasteiger partial charge < -0.3 is 15.0 Å². The number of hydrogen-bond acceptors (Lipinski definition) is 5. The molecule has 0 aromatic heterocycles. The number of anilines is 1. The summed E-state index contributed by atoms with van der Waals surface area (Å²) in [7, 11) is -2.01. The molecule has 0 heterocycles. The van der Waals surface area contributed by atoms with Gasteiger partial charge in [0.2, 0.25) is 21.8 Å². The molecule has 0 spiro atoms. The van der Waals surface area contributed by atoms with E-state index in [4.69, 9.17) is 4.74 Å². The first-order valence-corrected chi connectivity index (χ1v) is 14.7. The van der Waals surface area contributed by atoms with Gasteiger partial charge in [0.05, 0.1) is 19.1 Å². The topological polar surface area (TPSA) is 96.0 Å². The van der Waals surface area contributed by atoms with Crippen LogP contribution in [-0.2, 0) is 26.2 Å². The number of ether oxygens (including phenoxy) is 1. The van der Waals surface area contributed by atoms with Gasteiger partial charge in [0.25, 0.3) is 0 Å². The van der Waals surface area contributed by atoms with Crippen LogP contribution in [0, 0.1) is 6.92 Å². The summed E-state index contributed by atoms with van der Waals surface area (Å²) in [6.07, 6.45) is 3.91. The Balaban J connectivity index is 2.20. The molecule has 1 atom stereocenters. The molecule has 2 amide bonds. The van der Waals surface area contributed by atoms with Crippen LogP contribution >= 0.6 is 0 Å². The summed E-state index contributed by atoms with van der Waals surface area (Å²) >= 11 is 0. The average molecular weight is 532 g/mol. The Bertz CT molecular complexity index is 1120. The number of methoxy groups -OCH3 is 1. The highest BCUT2D eigenvalue weighted by atomic mass is 32.2. The minimum Gasteiger partial charge on any atom is -0.497 e. The third-order valence-corrected chi connectivity index (χ3v) is 7.52. The van der Waals surface area contributed by atoms with Crippen molar-refractivity contribution in [1.29, 1.82) is 0 Å². The molecule has 9 heteroatoms. The largest absolute Gasteiger partial charge is 0.497 e. The van der Waals surface area contributed by atoms with Gasteiger partial charge in [0.15, 0.2) is 0 Å². The van der Waals surface area contributed by atoms with Gasteiger partial charge in [0.1, 0.15) is 11.8 Å². The van der Waals surface area contributed by atoms with Crippen LogP contribution in [0.2, 0.25) is 0 Å². The Morgan fingerprint density at radius 3 is 2.27 bits per heavy atom. The van der Waals surface area contributed by atoms with Gasteiger partial charge in [0, 0.05) is 26.1 Å². The highest BCUT2D eigenvalue weighted by Crippen LogP contribution is 2.23. The summed E-state index contributed by atoms with van der Waals surface area (Å²) in [5.74, 6) is 0.292. The standard InChI is InChI=1S/C28H41N3O5S/c1-6-8-19-29-28(33)26(7-2)30(21-23-13-10-9-12-22(23)3)27(32)14-11-20-31(37(5,34)35)24-15-17-25(36-4)18-16-24/h9-10,12-13,15-18,26H,6-8,11,14,19-21H2,1-5H3,(H,29,33). The van der Waals surface area contributed by atoms with E-state index in [0.717, 1.165) is 30.2 Å². The number of aryl methyl sites for hydroxylation is 1. The normalized spacial score (nSPS) is 12.0. The van der Waals surface area contributed by atoms with E-state index in [2.05, 4.69) is 12.2 Å². The van der Waals surface area contributed by atoms with Crippen molar-refractivity contribution in [3.63, 3.8) is 0 Å². The van der Waals surface area contributed by atoms with Crippen molar-refractivity contribution >= 4 is 27.5 Å². The lowest BCUT2D eigenvalue weighted by Crippen LogP contribution is -2.49. The van der Waals surface area contributed by atoms with Gasteiger partial charge in [-0.05, 0) is 61.6 Å². The predicted octanol–water partition coefficient (Wildman–Crippen LogP) is 4.27. The lowest BCUT2D eigenvalue weighted by molar-refractivity contribution is -0.141. The lowest BCUT2D eigenvalue weighted by atomic mass is 10.1. The fraction of sp³-hybridized carbons (Fsp3) is 0.500. The quantitative estimate of drug-likeness (QED) is 0.346. The highest BCUT2D eigenvalue weighted by molar-refractivity contribution is 7.92. The summed E-state index contributed by atoms with van der Waals surface area (Å²) < 4.78 is 31.4. The zero-order chi connectivity index (χ0) is 27.4. The third-order valence-electron chi connectivity index (χ3n) is 6.33. The van der Waals surface area contributed by atoms with Crippen molar-refractivity contribution in [3.8, 4) is 5.75 Å². The van der Waals surface area contributed by atoms with Gasteiger partial charge >= 0.3 is 0 Å². The Morgan fingerprint density at radius 1 is 1.03 bits per heavy atom. The average Bonchev–Trinajstić information content (AvgIpc) is 2.87. The van der Waals surface area contributed by atoms with Crippen LogP contribution in [0.5, 0.6) is 5.75 Å². The van der Waals surface area contributed by atoms with Crippen LogP contribution in [0.1, 0.15) is 57.1 Å². The van der Waals surface area contributed by atoms with Crippen LogP contribution in [-0.4, -0.2) is 57.6 Å². The molecule has 0 radical (unpaired) electrons. The predicted molar refractivity (Wildman–Crippen MR) is 148 cm³/mol. The Morgan fingerprint density at radius 2 is 1.70 bits per heavy atom. The van der Waals surface area contributed by atoms with Gasteiger partial charge in [-0.1, -0.05) is 44.5 Å². The molecule has 1 N–H and O–H groups in total. The minimum atomic E-state index is -3.55. The van der Waals surface area contributed by atoms with E-state index < -0.39 is 16.1 Å². The molecule has 204 valence electrons. The van der Waals surface area contributed by atoms with E-state index in [-0.39, 0.29) is 24.8 Å². The Labute approximate surface area is 222 Å². The number of amides is 2. The number of rotatable bonds is 15. The molecule has 1 unspecified atom stereocenters. The number of nitrogens with zero attached hydrogens (tertiary/aromatic N) is 2. The van der Waals surface area contributed by atoms with Crippen LogP contribution in [0.3, 0.4) is 0 Å². The maximum atomic E-state index is 13.5. The Hall–Kier alpha value is -3.07. The number of nitrogens with one attached hydrogen (secondary N) is 1. The van der Waals surface area contributed by atoms with Crippen molar-refractivity contribution in [2.45, 2.75) is 65.5 Å². The zero-order valence-corrected chi connectivity index (χ0v) is 23.5. The summed E-state index contributed by atoms with van der Waals surface area (Å²) in [5, 5.41) is 2.96. The molecule has 0 aliphatic heterocycles. The van der Waals surface area contributed by atoms with Gasteiger partial charge in [-0.2, -0.15) is 0 Å². The second-order valence-corrected chi connectivity index (χ2v) is 11.1. The smallest absolute Gasteiger partial charge is 0.242 e. The number of sulfonamides is 1. The van der Waals surface area contributed by atoms with Gasteiger partial charge in [-0.3, -0.25) is 13.9 Å². The van der Waals surface area contributed by atoms with E-state index >= 15 is 0 Å². The second kappa shape index (κ2) is 14.6. The van der Waals surface area contributed by atoms with E-state index in [1.807, 2.05) is 38.1 Å². The summed E-state index contributed by atoms with van der Waals surface area (Å²) in [6.45, 7) is 6.98.